The molecule has 1 atom stereocenters. The molecule has 0 fully saturated rings. The quantitative estimate of drug-likeness (QED) is 0.908. The van der Waals surface area contributed by atoms with Crippen LogP contribution in [0.5, 0.6) is 0 Å². The predicted octanol–water partition coefficient (Wildman–Crippen LogP) is 3.52. The number of hydrogen-bond acceptors (Lipinski definition) is 2. The van der Waals surface area contributed by atoms with Gasteiger partial charge < -0.3 is 10.0 Å². The maximum atomic E-state index is 13.1. The topological polar surface area (TPSA) is 23.5 Å². The minimum Gasteiger partial charge on any atom is -0.389 e. The van der Waals surface area contributed by atoms with Gasteiger partial charge in [-0.05, 0) is 42.3 Å². The molecule has 1 N–H and O–H groups in total. The van der Waals surface area contributed by atoms with E-state index in [9.17, 15) is 9.50 Å². The Hall–Kier alpha value is -1.87. The largest absolute Gasteiger partial charge is 0.389 e. The van der Waals surface area contributed by atoms with E-state index in [-0.39, 0.29) is 5.82 Å². The van der Waals surface area contributed by atoms with Gasteiger partial charge in [-0.1, -0.05) is 24.3 Å². The highest BCUT2D eigenvalue weighted by Gasteiger charge is 2.05. The monoisotopic (exact) mass is 259 g/mol. The highest BCUT2D eigenvalue weighted by Crippen LogP contribution is 2.19. The molecule has 3 heteroatoms. The van der Waals surface area contributed by atoms with E-state index in [0.29, 0.717) is 6.54 Å². The van der Waals surface area contributed by atoms with Crippen molar-refractivity contribution in [1.29, 1.82) is 0 Å². The number of aliphatic hydroxyl groups is 1. The maximum Gasteiger partial charge on any atom is 0.123 e. The molecule has 0 spiro atoms. The minimum atomic E-state index is -0.456. The lowest BCUT2D eigenvalue weighted by Gasteiger charge is -2.20. The second-order valence-corrected chi connectivity index (χ2v) is 4.75. The summed E-state index contributed by atoms with van der Waals surface area (Å²) < 4.78 is 13.1. The molecule has 0 aliphatic heterocycles. The van der Waals surface area contributed by atoms with Crippen LogP contribution < -0.4 is 4.90 Å². The van der Waals surface area contributed by atoms with Gasteiger partial charge in [-0.3, -0.25) is 0 Å². The molecule has 0 saturated carbocycles. The van der Waals surface area contributed by atoms with E-state index < -0.39 is 6.10 Å². The van der Waals surface area contributed by atoms with Gasteiger partial charge in [0.1, 0.15) is 5.82 Å². The SMILES string of the molecule is C[C@@H](O)c1ccc(N(C)Cc2cccc(F)c2)cc1. The Morgan fingerprint density at radius 2 is 1.84 bits per heavy atom. The van der Waals surface area contributed by atoms with Crippen LogP contribution in [0, 0.1) is 5.82 Å². The number of benzene rings is 2. The molecule has 0 aromatic heterocycles. The van der Waals surface area contributed by atoms with E-state index in [0.717, 1.165) is 16.8 Å². The van der Waals surface area contributed by atoms with E-state index in [4.69, 9.17) is 0 Å². The van der Waals surface area contributed by atoms with Crippen LogP contribution in [0.2, 0.25) is 0 Å². The lowest BCUT2D eigenvalue weighted by atomic mass is 10.1. The van der Waals surface area contributed by atoms with E-state index in [1.54, 1.807) is 19.1 Å². The van der Waals surface area contributed by atoms with Crippen molar-refractivity contribution in [1.82, 2.24) is 0 Å². The van der Waals surface area contributed by atoms with Gasteiger partial charge in [-0.15, -0.1) is 0 Å². The summed E-state index contributed by atoms with van der Waals surface area (Å²) in [5.74, 6) is -0.213. The molecular formula is C16H18FNO. The third kappa shape index (κ3) is 3.55. The maximum absolute atomic E-state index is 13.1. The van der Waals surface area contributed by atoms with E-state index in [2.05, 4.69) is 0 Å². The van der Waals surface area contributed by atoms with Gasteiger partial charge in [0.2, 0.25) is 0 Å². The van der Waals surface area contributed by atoms with Crippen molar-refractivity contribution < 1.29 is 9.50 Å². The van der Waals surface area contributed by atoms with Crippen molar-refractivity contribution in [2.45, 2.75) is 19.6 Å². The molecular weight excluding hydrogens is 241 g/mol. The minimum absolute atomic E-state index is 0.213. The molecule has 100 valence electrons. The van der Waals surface area contributed by atoms with Crippen LogP contribution >= 0.6 is 0 Å². The average Bonchev–Trinajstić information content (AvgIpc) is 2.39. The first-order valence-electron chi connectivity index (χ1n) is 6.30. The summed E-state index contributed by atoms with van der Waals surface area (Å²) in [6.07, 6.45) is -0.456. The van der Waals surface area contributed by atoms with Crippen molar-refractivity contribution in [3.05, 3.63) is 65.5 Å². The van der Waals surface area contributed by atoms with Crippen LogP contribution in [0.3, 0.4) is 0 Å². The summed E-state index contributed by atoms with van der Waals surface area (Å²) in [5, 5.41) is 9.46. The molecule has 0 aliphatic rings. The zero-order valence-electron chi connectivity index (χ0n) is 11.2. The van der Waals surface area contributed by atoms with Crippen LogP contribution in [0.25, 0.3) is 0 Å². The Labute approximate surface area is 113 Å². The summed E-state index contributed by atoms with van der Waals surface area (Å²) >= 11 is 0. The zero-order chi connectivity index (χ0) is 13.8. The van der Waals surface area contributed by atoms with Crippen LogP contribution in [-0.4, -0.2) is 12.2 Å². The molecule has 2 nitrogen and oxygen atoms in total. The van der Waals surface area contributed by atoms with Crippen molar-refractivity contribution in [3.8, 4) is 0 Å². The van der Waals surface area contributed by atoms with Gasteiger partial charge in [0.15, 0.2) is 0 Å². The van der Waals surface area contributed by atoms with Crippen molar-refractivity contribution in [3.63, 3.8) is 0 Å². The smallest absolute Gasteiger partial charge is 0.123 e. The van der Waals surface area contributed by atoms with E-state index in [1.165, 1.54) is 6.07 Å². The third-order valence-corrected chi connectivity index (χ3v) is 3.13. The Balaban J connectivity index is 2.09. The third-order valence-electron chi connectivity index (χ3n) is 3.13. The number of aliphatic hydroxyl groups excluding tert-OH is 1. The Morgan fingerprint density at radius 3 is 2.42 bits per heavy atom. The lowest BCUT2D eigenvalue weighted by Crippen LogP contribution is -2.16. The summed E-state index contributed by atoms with van der Waals surface area (Å²) in [6.45, 7) is 2.39. The fraction of sp³-hybridized carbons (Fsp3) is 0.250. The molecule has 2 aromatic rings. The first-order valence-corrected chi connectivity index (χ1v) is 6.30. The molecule has 19 heavy (non-hydrogen) atoms. The van der Waals surface area contributed by atoms with E-state index in [1.807, 2.05) is 42.3 Å². The van der Waals surface area contributed by atoms with Crippen LogP contribution in [0.4, 0.5) is 10.1 Å². The van der Waals surface area contributed by atoms with Gasteiger partial charge in [0.05, 0.1) is 6.10 Å². The van der Waals surface area contributed by atoms with Crippen LogP contribution in [-0.2, 0) is 6.54 Å². The Kier molecular flexibility index (Phi) is 4.17. The zero-order valence-corrected chi connectivity index (χ0v) is 11.2. The molecule has 0 aliphatic carbocycles. The average molecular weight is 259 g/mol. The van der Waals surface area contributed by atoms with Crippen molar-refractivity contribution >= 4 is 5.69 Å². The fourth-order valence-electron chi connectivity index (χ4n) is 2.01. The predicted molar refractivity (Wildman–Crippen MR) is 75.6 cm³/mol. The van der Waals surface area contributed by atoms with Gasteiger partial charge in [0, 0.05) is 19.3 Å². The molecule has 0 radical (unpaired) electrons. The van der Waals surface area contributed by atoms with E-state index >= 15 is 0 Å². The lowest BCUT2D eigenvalue weighted by molar-refractivity contribution is 0.199. The van der Waals surface area contributed by atoms with Crippen molar-refractivity contribution in [2.75, 3.05) is 11.9 Å². The highest BCUT2D eigenvalue weighted by molar-refractivity contribution is 5.47. The molecule has 0 unspecified atom stereocenters. The van der Waals surface area contributed by atoms with Crippen LogP contribution in [0.15, 0.2) is 48.5 Å². The van der Waals surface area contributed by atoms with Crippen LogP contribution in [0.1, 0.15) is 24.2 Å². The molecule has 0 amide bonds. The van der Waals surface area contributed by atoms with Gasteiger partial charge in [0.25, 0.3) is 0 Å². The second-order valence-electron chi connectivity index (χ2n) is 4.75. The molecule has 2 aromatic carbocycles. The number of nitrogens with zero attached hydrogens (tertiary/aromatic N) is 1. The Morgan fingerprint density at radius 1 is 1.16 bits per heavy atom. The summed E-state index contributed by atoms with van der Waals surface area (Å²) in [4.78, 5) is 2.04. The molecule has 2 rings (SSSR count). The molecule has 0 saturated heterocycles. The van der Waals surface area contributed by atoms with Gasteiger partial charge in [-0.2, -0.15) is 0 Å². The number of rotatable bonds is 4. The first kappa shape index (κ1) is 13.6. The number of halogens is 1. The standard InChI is InChI=1S/C16H18FNO/c1-12(19)14-6-8-16(9-7-14)18(2)11-13-4-3-5-15(17)10-13/h3-10,12,19H,11H2,1-2H3/t12-/m1/s1. The second kappa shape index (κ2) is 5.85. The first-order chi connectivity index (χ1) is 9.06. The highest BCUT2D eigenvalue weighted by atomic mass is 19.1. The number of anilines is 1. The molecule has 0 bridgehead atoms. The Bertz CT molecular complexity index is 537. The summed E-state index contributed by atoms with van der Waals surface area (Å²) in [7, 11) is 1.96. The normalized spacial score (nSPS) is 12.2. The summed E-state index contributed by atoms with van der Waals surface area (Å²) in [6, 6.07) is 14.3. The number of hydrogen-bond donors (Lipinski definition) is 1. The fourth-order valence-corrected chi connectivity index (χ4v) is 2.01. The van der Waals surface area contributed by atoms with Gasteiger partial charge >= 0.3 is 0 Å². The van der Waals surface area contributed by atoms with Crippen molar-refractivity contribution in [2.24, 2.45) is 0 Å². The van der Waals surface area contributed by atoms with Gasteiger partial charge in [-0.25, -0.2) is 4.39 Å². The molecule has 0 heterocycles. The summed E-state index contributed by atoms with van der Waals surface area (Å²) in [5.41, 5.74) is 2.86.